The lowest BCUT2D eigenvalue weighted by Gasteiger charge is -2.27. The molecule has 0 saturated carbocycles. The lowest BCUT2D eigenvalue weighted by molar-refractivity contribution is -0.0611. The largest absolute Gasteiger partial charge is 0.390 e. The van der Waals surface area contributed by atoms with Gasteiger partial charge in [-0.3, -0.25) is 0 Å². The SMILES string of the molecule is OC(Cc1cccc(Br)c1)C1CCCCO1. The molecule has 2 atom stereocenters. The molecule has 0 amide bonds. The summed E-state index contributed by atoms with van der Waals surface area (Å²) in [6.45, 7) is 0.792. The van der Waals surface area contributed by atoms with Gasteiger partial charge in [0.15, 0.2) is 0 Å². The molecule has 1 aliphatic rings. The van der Waals surface area contributed by atoms with E-state index in [4.69, 9.17) is 4.74 Å². The molecule has 3 heteroatoms. The van der Waals surface area contributed by atoms with Crippen molar-refractivity contribution in [3.63, 3.8) is 0 Å². The van der Waals surface area contributed by atoms with Crippen LogP contribution in [0.2, 0.25) is 0 Å². The first-order valence-corrected chi connectivity index (χ1v) is 6.59. The van der Waals surface area contributed by atoms with Gasteiger partial charge in [-0.2, -0.15) is 0 Å². The van der Waals surface area contributed by atoms with Crippen molar-refractivity contribution < 1.29 is 9.84 Å². The van der Waals surface area contributed by atoms with Crippen LogP contribution >= 0.6 is 15.9 Å². The van der Waals surface area contributed by atoms with Gasteiger partial charge in [0.1, 0.15) is 0 Å². The summed E-state index contributed by atoms with van der Waals surface area (Å²) in [5.41, 5.74) is 1.15. The van der Waals surface area contributed by atoms with Crippen molar-refractivity contribution >= 4 is 15.9 Å². The van der Waals surface area contributed by atoms with Gasteiger partial charge in [0, 0.05) is 17.5 Å². The number of benzene rings is 1. The molecule has 1 aromatic rings. The summed E-state index contributed by atoms with van der Waals surface area (Å²) < 4.78 is 6.64. The number of ether oxygens (including phenoxy) is 1. The van der Waals surface area contributed by atoms with Crippen LogP contribution in [0.5, 0.6) is 0 Å². The smallest absolute Gasteiger partial charge is 0.0842 e. The molecule has 1 N–H and O–H groups in total. The van der Waals surface area contributed by atoms with E-state index in [1.807, 2.05) is 24.3 Å². The fourth-order valence-corrected chi connectivity index (χ4v) is 2.55. The van der Waals surface area contributed by atoms with Gasteiger partial charge in [-0.05, 0) is 37.0 Å². The molecule has 0 aliphatic carbocycles. The zero-order chi connectivity index (χ0) is 11.4. The van der Waals surface area contributed by atoms with Crippen molar-refractivity contribution in [3.05, 3.63) is 34.3 Å². The van der Waals surface area contributed by atoms with Crippen molar-refractivity contribution in [1.29, 1.82) is 0 Å². The molecule has 1 fully saturated rings. The summed E-state index contributed by atoms with van der Waals surface area (Å²) in [5.74, 6) is 0. The van der Waals surface area contributed by atoms with Gasteiger partial charge in [-0.15, -0.1) is 0 Å². The van der Waals surface area contributed by atoms with Crippen LogP contribution in [0.25, 0.3) is 0 Å². The monoisotopic (exact) mass is 284 g/mol. The molecule has 2 nitrogen and oxygen atoms in total. The van der Waals surface area contributed by atoms with Crippen LogP contribution in [0.1, 0.15) is 24.8 Å². The number of aliphatic hydroxyl groups is 1. The van der Waals surface area contributed by atoms with Crippen LogP contribution in [0.15, 0.2) is 28.7 Å². The summed E-state index contributed by atoms with van der Waals surface area (Å²) in [4.78, 5) is 0. The molecule has 1 saturated heterocycles. The standard InChI is InChI=1S/C13H17BrO2/c14-11-5-3-4-10(8-11)9-12(15)13-6-1-2-7-16-13/h3-5,8,12-13,15H,1-2,6-7,9H2. The van der Waals surface area contributed by atoms with Crippen molar-refractivity contribution in [2.75, 3.05) is 6.61 Å². The van der Waals surface area contributed by atoms with Crippen LogP contribution in [-0.2, 0) is 11.2 Å². The fraction of sp³-hybridized carbons (Fsp3) is 0.538. The van der Waals surface area contributed by atoms with E-state index in [-0.39, 0.29) is 12.2 Å². The Morgan fingerprint density at radius 3 is 3.00 bits per heavy atom. The van der Waals surface area contributed by atoms with Gasteiger partial charge in [-0.1, -0.05) is 28.1 Å². The maximum Gasteiger partial charge on any atom is 0.0842 e. The zero-order valence-corrected chi connectivity index (χ0v) is 10.8. The Balaban J connectivity index is 1.93. The molecule has 2 unspecified atom stereocenters. The Kier molecular flexibility index (Phi) is 4.38. The molecular weight excluding hydrogens is 268 g/mol. The maximum atomic E-state index is 10.1. The Hall–Kier alpha value is -0.380. The van der Waals surface area contributed by atoms with E-state index in [0.29, 0.717) is 6.42 Å². The Morgan fingerprint density at radius 1 is 1.44 bits per heavy atom. The van der Waals surface area contributed by atoms with E-state index >= 15 is 0 Å². The normalized spacial score (nSPS) is 23.0. The molecule has 2 rings (SSSR count). The molecule has 1 aromatic carbocycles. The number of rotatable bonds is 3. The molecule has 0 spiro atoms. The molecule has 16 heavy (non-hydrogen) atoms. The van der Waals surface area contributed by atoms with Crippen LogP contribution in [0, 0.1) is 0 Å². The van der Waals surface area contributed by atoms with Crippen molar-refractivity contribution in [2.24, 2.45) is 0 Å². The summed E-state index contributed by atoms with van der Waals surface area (Å²) in [6, 6.07) is 8.07. The highest BCUT2D eigenvalue weighted by molar-refractivity contribution is 9.10. The molecular formula is C13H17BrO2. The predicted octanol–water partition coefficient (Wildman–Crippen LogP) is 2.92. The minimum absolute atomic E-state index is 0.0210. The van der Waals surface area contributed by atoms with Crippen LogP contribution in [0.4, 0.5) is 0 Å². The van der Waals surface area contributed by atoms with Crippen LogP contribution in [-0.4, -0.2) is 23.9 Å². The minimum Gasteiger partial charge on any atom is -0.390 e. The highest BCUT2D eigenvalue weighted by atomic mass is 79.9. The van der Waals surface area contributed by atoms with Crippen molar-refractivity contribution in [2.45, 2.75) is 37.9 Å². The number of hydrogen-bond donors (Lipinski definition) is 1. The first-order chi connectivity index (χ1) is 7.75. The van der Waals surface area contributed by atoms with E-state index in [2.05, 4.69) is 15.9 Å². The van der Waals surface area contributed by atoms with Crippen LogP contribution in [0.3, 0.4) is 0 Å². The van der Waals surface area contributed by atoms with Crippen LogP contribution < -0.4 is 0 Å². The molecule has 0 bridgehead atoms. The highest BCUT2D eigenvalue weighted by Crippen LogP contribution is 2.20. The summed E-state index contributed by atoms with van der Waals surface area (Å²) in [5, 5.41) is 10.1. The molecule has 0 radical (unpaired) electrons. The highest BCUT2D eigenvalue weighted by Gasteiger charge is 2.22. The third-order valence-electron chi connectivity index (χ3n) is 2.98. The zero-order valence-electron chi connectivity index (χ0n) is 9.23. The Labute approximate surface area is 105 Å². The predicted molar refractivity (Wildman–Crippen MR) is 67.4 cm³/mol. The topological polar surface area (TPSA) is 29.5 Å². The lowest BCUT2D eigenvalue weighted by Crippen LogP contribution is -2.33. The van der Waals surface area contributed by atoms with E-state index in [1.165, 1.54) is 6.42 Å². The average Bonchev–Trinajstić information content (AvgIpc) is 2.30. The van der Waals surface area contributed by atoms with E-state index in [1.54, 1.807) is 0 Å². The maximum absolute atomic E-state index is 10.1. The van der Waals surface area contributed by atoms with E-state index < -0.39 is 0 Å². The van der Waals surface area contributed by atoms with E-state index in [0.717, 1.165) is 29.5 Å². The second-order valence-corrected chi connectivity index (χ2v) is 5.22. The first-order valence-electron chi connectivity index (χ1n) is 5.80. The Morgan fingerprint density at radius 2 is 2.31 bits per heavy atom. The van der Waals surface area contributed by atoms with Gasteiger partial charge in [0.2, 0.25) is 0 Å². The molecule has 0 aromatic heterocycles. The minimum atomic E-state index is -0.380. The quantitative estimate of drug-likeness (QED) is 0.925. The molecule has 1 aliphatic heterocycles. The third-order valence-corrected chi connectivity index (χ3v) is 3.47. The fourth-order valence-electron chi connectivity index (χ4n) is 2.11. The van der Waals surface area contributed by atoms with Gasteiger partial charge in [-0.25, -0.2) is 0 Å². The van der Waals surface area contributed by atoms with Crippen molar-refractivity contribution in [1.82, 2.24) is 0 Å². The second-order valence-electron chi connectivity index (χ2n) is 4.31. The van der Waals surface area contributed by atoms with Crippen molar-refractivity contribution in [3.8, 4) is 0 Å². The molecule has 88 valence electrons. The first kappa shape index (κ1) is 12.1. The molecule has 1 heterocycles. The van der Waals surface area contributed by atoms with E-state index in [9.17, 15) is 5.11 Å². The Bertz CT molecular complexity index is 334. The number of halogens is 1. The van der Waals surface area contributed by atoms with Gasteiger partial charge in [0.05, 0.1) is 12.2 Å². The summed E-state index contributed by atoms with van der Waals surface area (Å²) >= 11 is 3.44. The summed E-state index contributed by atoms with van der Waals surface area (Å²) in [6.07, 6.45) is 3.59. The van der Waals surface area contributed by atoms with Gasteiger partial charge >= 0.3 is 0 Å². The lowest BCUT2D eigenvalue weighted by atomic mass is 9.98. The van der Waals surface area contributed by atoms with Gasteiger partial charge in [0.25, 0.3) is 0 Å². The summed E-state index contributed by atoms with van der Waals surface area (Å²) in [7, 11) is 0. The number of aliphatic hydroxyl groups excluding tert-OH is 1. The third kappa shape index (κ3) is 3.30. The van der Waals surface area contributed by atoms with Gasteiger partial charge < -0.3 is 9.84 Å². The number of hydrogen-bond acceptors (Lipinski definition) is 2. The second kappa shape index (κ2) is 5.80. The average molecular weight is 285 g/mol.